The van der Waals surface area contributed by atoms with E-state index in [1.807, 2.05) is 0 Å². The molecule has 0 saturated carbocycles. The topological polar surface area (TPSA) is 82.1 Å². The summed E-state index contributed by atoms with van der Waals surface area (Å²) in [7, 11) is -4.06. The van der Waals surface area contributed by atoms with Crippen molar-refractivity contribution in [3.63, 3.8) is 0 Å². The molecule has 0 unspecified atom stereocenters. The molecule has 0 spiro atoms. The lowest BCUT2D eigenvalue weighted by atomic mass is 10.3. The number of nitrogens with zero attached hydrogens (tertiary/aromatic N) is 1. The summed E-state index contributed by atoms with van der Waals surface area (Å²) in [5, 5.41) is 0.451. The second-order valence-electron chi connectivity index (χ2n) is 5.60. The second kappa shape index (κ2) is 8.06. The maximum absolute atomic E-state index is 13.2. The fourth-order valence-electron chi connectivity index (χ4n) is 2.56. The molecule has 0 amide bonds. The van der Waals surface area contributed by atoms with Crippen LogP contribution in [-0.2, 0) is 19.6 Å². The van der Waals surface area contributed by atoms with Gasteiger partial charge in [-0.2, -0.15) is 0 Å². The van der Waals surface area contributed by atoms with Gasteiger partial charge in [-0.1, -0.05) is 11.6 Å². The summed E-state index contributed by atoms with van der Waals surface area (Å²) in [6.07, 6.45) is 0. The van der Waals surface area contributed by atoms with Crippen LogP contribution in [0.15, 0.2) is 47.4 Å². The smallest absolute Gasteiger partial charge is 0.326 e. The first-order chi connectivity index (χ1) is 12.9. The Morgan fingerprint density at radius 2 is 1.78 bits per heavy atom. The van der Waals surface area contributed by atoms with E-state index >= 15 is 0 Å². The molecule has 0 aliphatic carbocycles. The summed E-state index contributed by atoms with van der Waals surface area (Å²) in [5.74, 6) is 0.159. The van der Waals surface area contributed by atoms with Crippen molar-refractivity contribution in [1.29, 1.82) is 0 Å². The third-order valence-electron chi connectivity index (χ3n) is 3.79. The Bertz CT molecular complexity index is 929. The number of sulfonamides is 1. The van der Waals surface area contributed by atoms with Gasteiger partial charge in [0.25, 0.3) is 10.0 Å². The number of halogens is 1. The number of benzene rings is 2. The van der Waals surface area contributed by atoms with Crippen molar-refractivity contribution < 1.29 is 27.4 Å². The molecule has 3 rings (SSSR count). The monoisotopic (exact) mass is 411 g/mol. The SMILES string of the molecule is CCOC(=O)CN(c1ccc(Cl)cc1)S(=O)(=O)c1ccc2c(c1)OCCO2. The highest BCUT2D eigenvalue weighted by Crippen LogP contribution is 2.34. The highest BCUT2D eigenvalue weighted by atomic mass is 35.5. The van der Waals surface area contributed by atoms with Crippen molar-refractivity contribution in [2.24, 2.45) is 0 Å². The number of carbonyl (C=O) groups excluding carboxylic acids is 1. The Hall–Kier alpha value is -2.45. The van der Waals surface area contributed by atoms with Gasteiger partial charge in [-0.25, -0.2) is 8.42 Å². The lowest BCUT2D eigenvalue weighted by Crippen LogP contribution is -2.36. The Morgan fingerprint density at radius 1 is 1.11 bits per heavy atom. The van der Waals surface area contributed by atoms with Crippen molar-refractivity contribution in [2.45, 2.75) is 11.8 Å². The van der Waals surface area contributed by atoms with Crippen LogP contribution in [0.3, 0.4) is 0 Å². The Kier molecular flexibility index (Phi) is 5.76. The molecule has 0 saturated heterocycles. The minimum atomic E-state index is -4.06. The number of carbonyl (C=O) groups is 1. The van der Waals surface area contributed by atoms with Crippen molar-refractivity contribution >= 4 is 33.3 Å². The number of fused-ring (bicyclic) bond motifs is 1. The molecule has 1 aliphatic heterocycles. The Morgan fingerprint density at radius 3 is 2.44 bits per heavy atom. The Labute approximate surface area is 162 Å². The maximum atomic E-state index is 13.2. The van der Waals surface area contributed by atoms with Gasteiger partial charge in [-0.05, 0) is 43.3 Å². The molecule has 0 radical (unpaired) electrons. The molecule has 1 heterocycles. The first-order valence-electron chi connectivity index (χ1n) is 8.25. The number of hydrogen-bond donors (Lipinski definition) is 0. The second-order valence-corrected chi connectivity index (χ2v) is 7.90. The van der Waals surface area contributed by atoms with Crippen LogP contribution in [0.4, 0.5) is 5.69 Å². The van der Waals surface area contributed by atoms with Gasteiger partial charge in [0.15, 0.2) is 11.5 Å². The predicted octanol–water partition coefficient (Wildman–Crippen LogP) is 2.87. The summed E-state index contributed by atoms with van der Waals surface area (Å²) >= 11 is 5.89. The van der Waals surface area contributed by atoms with E-state index in [1.165, 1.54) is 30.3 Å². The highest BCUT2D eigenvalue weighted by molar-refractivity contribution is 7.92. The average molecular weight is 412 g/mol. The minimum Gasteiger partial charge on any atom is -0.486 e. The van der Waals surface area contributed by atoms with Crippen LogP contribution in [-0.4, -0.2) is 40.8 Å². The molecule has 0 fully saturated rings. The van der Waals surface area contributed by atoms with Crippen molar-refractivity contribution in [2.75, 3.05) is 30.7 Å². The van der Waals surface area contributed by atoms with Gasteiger partial charge in [0.05, 0.1) is 17.2 Å². The van der Waals surface area contributed by atoms with Crippen LogP contribution >= 0.6 is 11.6 Å². The minimum absolute atomic E-state index is 0.0222. The molecule has 7 nitrogen and oxygen atoms in total. The number of hydrogen-bond acceptors (Lipinski definition) is 6. The zero-order valence-electron chi connectivity index (χ0n) is 14.6. The van der Waals surface area contributed by atoms with E-state index in [1.54, 1.807) is 19.1 Å². The molecular formula is C18H18ClNO6S. The van der Waals surface area contributed by atoms with E-state index in [0.717, 1.165) is 4.31 Å². The molecular weight excluding hydrogens is 394 g/mol. The third-order valence-corrected chi connectivity index (χ3v) is 5.82. The molecule has 0 aromatic heterocycles. The molecule has 144 valence electrons. The van der Waals surface area contributed by atoms with Crippen molar-refractivity contribution in [3.8, 4) is 11.5 Å². The average Bonchev–Trinajstić information content (AvgIpc) is 2.66. The molecule has 27 heavy (non-hydrogen) atoms. The van der Waals surface area contributed by atoms with Gasteiger partial charge >= 0.3 is 5.97 Å². The fourth-order valence-corrected chi connectivity index (χ4v) is 4.11. The number of rotatable bonds is 6. The quantitative estimate of drug-likeness (QED) is 0.680. The van der Waals surface area contributed by atoms with Crippen LogP contribution < -0.4 is 13.8 Å². The Balaban J connectivity index is 2.01. The highest BCUT2D eigenvalue weighted by Gasteiger charge is 2.29. The van der Waals surface area contributed by atoms with E-state index in [0.29, 0.717) is 35.4 Å². The molecule has 0 bridgehead atoms. The molecule has 2 aromatic carbocycles. The molecule has 0 N–H and O–H groups in total. The fraction of sp³-hybridized carbons (Fsp3) is 0.278. The van der Waals surface area contributed by atoms with E-state index in [2.05, 4.69) is 0 Å². The van der Waals surface area contributed by atoms with Crippen LogP contribution in [0.2, 0.25) is 5.02 Å². The predicted molar refractivity (Wildman–Crippen MR) is 100 cm³/mol. The zero-order valence-corrected chi connectivity index (χ0v) is 16.1. The van der Waals surface area contributed by atoms with Crippen LogP contribution in [0.25, 0.3) is 0 Å². The van der Waals surface area contributed by atoms with Gasteiger partial charge in [0.2, 0.25) is 0 Å². The van der Waals surface area contributed by atoms with E-state index in [-0.39, 0.29) is 11.5 Å². The molecule has 2 aromatic rings. The van der Waals surface area contributed by atoms with Crippen molar-refractivity contribution in [3.05, 3.63) is 47.5 Å². The number of esters is 1. The van der Waals surface area contributed by atoms with Gasteiger partial charge in [-0.3, -0.25) is 9.10 Å². The normalized spacial score (nSPS) is 13.1. The van der Waals surface area contributed by atoms with E-state index < -0.39 is 22.5 Å². The number of anilines is 1. The summed E-state index contributed by atoms with van der Waals surface area (Å²) in [5.41, 5.74) is 0.294. The summed E-state index contributed by atoms with van der Waals surface area (Å²) in [4.78, 5) is 12.0. The molecule has 9 heteroatoms. The van der Waals surface area contributed by atoms with E-state index in [4.69, 9.17) is 25.8 Å². The summed E-state index contributed by atoms with van der Waals surface area (Å²) in [6.45, 7) is 2.07. The number of ether oxygens (including phenoxy) is 3. The first-order valence-corrected chi connectivity index (χ1v) is 10.1. The maximum Gasteiger partial charge on any atom is 0.326 e. The third kappa shape index (κ3) is 4.28. The summed E-state index contributed by atoms with van der Waals surface area (Å²) < 4.78 is 43.3. The zero-order chi connectivity index (χ0) is 19.4. The molecule has 1 aliphatic rings. The summed E-state index contributed by atoms with van der Waals surface area (Å²) in [6, 6.07) is 10.5. The lowest BCUT2D eigenvalue weighted by molar-refractivity contribution is -0.141. The van der Waals surface area contributed by atoms with Gasteiger partial charge in [-0.15, -0.1) is 0 Å². The van der Waals surface area contributed by atoms with Gasteiger partial charge in [0.1, 0.15) is 19.8 Å². The largest absolute Gasteiger partial charge is 0.486 e. The first kappa shape index (κ1) is 19.3. The lowest BCUT2D eigenvalue weighted by Gasteiger charge is -2.25. The van der Waals surface area contributed by atoms with Crippen LogP contribution in [0, 0.1) is 0 Å². The van der Waals surface area contributed by atoms with Gasteiger partial charge < -0.3 is 14.2 Å². The van der Waals surface area contributed by atoms with Crippen LogP contribution in [0.5, 0.6) is 11.5 Å². The van der Waals surface area contributed by atoms with Gasteiger partial charge in [0, 0.05) is 11.1 Å². The standard InChI is InChI=1S/C18H18ClNO6S/c1-2-24-18(21)12-20(14-5-3-13(19)4-6-14)27(22,23)15-7-8-16-17(11-15)26-10-9-25-16/h3-8,11H,2,9-10,12H2,1H3. The van der Waals surface area contributed by atoms with E-state index in [9.17, 15) is 13.2 Å². The van der Waals surface area contributed by atoms with Crippen LogP contribution in [0.1, 0.15) is 6.92 Å². The molecule has 0 atom stereocenters. The van der Waals surface area contributed by atoms with Crippen molar-refractivity contribution in [1.82, 2.24) is 0 Å².